The molecule has 0 bridgehead atoms. The number of Topliss-reactive ketones (excluding diaryl/α,β-unsaturated/α-hetero) is 1. The number of nitrogens with one attached hydrogen (secondary N) is 1. The summed E-state index contributed by atoms with van der Waals surface area (Å²) in [6, 6.07) is 5.65. The van der Waals surface area contributed by atoms with Crippen LogP contribution in [0.3, 0.4) is 0 Å². The van der Waals surface area contributed by atoms with Crippen molar-refractivity contribution in [2.24, 2.45) is 46.8 Å². The zero-order chi connectivity index (χ0) is 25.0. The fourth-order valence-corrected chi connectivity index (χ4v) is 8.98. The number of fused-ring (bicyclic) bond motifs is 5. The molecular weight excluding hydrogens is 441 g/mol. The monoisotopic (exact) mass is 485 g/mol. The minimum absolute atomic E-state index is 0.00967. The van der Waals surface area contributed by atoms with Crippen LogP contribution < -0.4 is 20.9 Å². The van der Waals surface area contributed by atoms with E-state index in [9.17, 15) is 4.79 Å². The summed E-state index contributed by atoms with van der Waals surface area (Å²) in [5, 5.41) is 4.73. The molecule has 0 aromatic heterocycles. The number of ketones is 1. The summed E-state index contributed by atoms with van der Waals surface area (Å²) in [4.78, 5) is 13.7. The van der Waals surface area contributed by atoms with Crippen LogP contribution in [0.2, 0.25) is 0 Å². The Morgan fingerprint density at radius 1 is 1.17 bits per heavy atom. The number of hydrazine groups is 1. The normalized spacial score (nSPS) is 40.3. The number of anilines is 2. The molecular formula is C29H44FN3O2. The van der Waals surface area contributed by atoms with Crippen LogP contribution in [0, 0.1) is 40.9 Å². The highest BCUT2D eigenvalue weighted by Crippen LogP contribution is 2.66. The van der Waals surface area contributed by atoms with Crippen LogP contribution in [0.25, 0.3) is 0 Å². The third kappa shape index (κ3) is 4.04. The molecule has 1 aromatic carbocycles. The Hall–Kier alpha value is -1.82. The maximum absolute atomic E-state index is 16.5. The summed E-state index contributed by atoms with van der Waals surface area (Å²) in [6.07, 6.45) is 8.92. The van der Waals surface area contributed by atoms with Crippen LogP contribution in [-0.2, 0) is 4.79 Å². The molecule has 0 saturated heterocycles. The number of methoxy groups -OCH3 is 1. The molecule has 35 heavy (non-hydrogen) atoms. The quantitative estimate of drug-likeness (QED) is 0.383. The van der Waals surface area contributed by atoms with E-state index in [1.54, 1.807) is 12.1 Å². The van der Waals surface area contributed by atoms with Gasteiger partial charge in [-0.15, -0.1) is 0 Å². The molecule has 6 heteroatoms. The van der Waals surface area contributed by atoms with Gasteiger partial charge in [-0.25, -0.2) is 10.2 Å². The van der Waals surface area contributed by atoms with E-state index in [4.69, 9.17) is 10.6 Å². The summed E-state index contributed by atoms with van der Waals surface area (Å²) in [5.41, 5.74) is 0.623. The minimum Gasteiger partial charge on any atom is -0.497 e. The molecule has 3 N–H and O–H groups in total. The topological polar surface area (TPSA) is 67.6 Å². The number of halogens is 1. The van der Waals surface area contributed by atoms with Gasteiger partial charge in [0.25, 0.3) is 0 Å². The van der Waals surface area contributed by atoms with Crippen molar-refractivity contribution < 1.29 is 13.9 Å². The van der Waals surface area contributed by atoms with Gasteiger partial charge < -0.3 is 15.1 Å². The summed E-state index contributed by atoms with van der Waals surface area (Å²) >= 11 is 0. The molecule has 8 atom stereocenters. The van der Waals surface area contributed by atoms with Crippen molar-refractivity contribution >= 4 is 17.2 Å². The van der Waals surface area contributed by atoms with Crippen LogP contribution in [-0.4, -0.2) is 32.2 Å². The molecule has 4 saturated carbocycles. The summed E-state index contributed by atoms with van der Waals surface area (Å²) in [5.74, 6) is 9.43. The second kappa shape index (κ2) is 9.24. The van der Waals surface area contributed by atoms with E-state index in [0.717, 1.165) is 74.9 Å². The van der Waals surface area contributed by atoms with Crippen molar-refractivity contribution in [3.63, 3.8) is 0 Å². The molecule has 0 amide bonds. The van der Waals surface area contributed by atoms with Gasteiger partial charge in [0, 0.05) is 19.0 Å². The van der Waals surface area contributed by atoms with Gasteiger partial charge in [-0.1, -0.05) is 13.8 Å². The van der Waals surface area contributed by atoms with Crippen molar-refractivity contribution in [2.75, 3.05) is 31.0 Å². The molecule has 4 aliphatic carbocycles. The van der Waals surface area contributed by atoms with Gasteiger partial charge >= 0.3 is 0 Å². The number of alkyl halides is 1. The summed E-state index contributed by atoms with van der Waals surface area (Å²) in [7, 11) is 3.48. The number of benzene rings is 1. The molecule has 0 heterocycles. The predicted molar refractivity (Wildman–Crippen MR) is 139 cm³/mol. The predicted octanol–water partition coefficient (Wildman–Crippen LogP) is 5.98. The second-order valence-electron chi connectivity index (χ2n) is 12.4. The molecule has 0 aliphatic heterocycles. The molecule has 194 valence electrons. The molecule has 2 unspecified atom stereocenters. The highest BCUT2D eigenvalue weighted by molar-refractivity contribution is 5.88. The number of hydrogen-bond donors (Lipinski definition) is 2. The van der Waals surface area contributed by atoms with Crippen LogP contribution in [0.4, 0.5) is 15.8 Å². The number of rotatable bonds is 6. The van der Waals surface area contributed by atoms with Crippen LogP contribution >= 0.6 is 0 Å². The Bertz CT molecular complexity index is 956. The Labute approximate surface area is 210 Å². The third-order valence-corrected chi connectivity index (χ3v) is 10.8. The van der Waals surface area contributed by atoms with Crippen molar-refractivity contribution in [3.05, 3.63) is 18.2 Å². The fourth-order valence-electron chi connectivity index (χ4n) is 8.98. The molecule has 4 fully saturated rings. The van der Waals surface area contributed by atoms with Gasteiger partial charge in [0.15, 0.2) is 5.78 Å². The molecule has 4 aliphatic rings. The average molecular weight is 486 g/mol. The van der Waals surface area contributed by atoms with Crippen LogP contribution in [0.1, 0.15) is 71.6 Å². The number of nitrogens with zero attached hydrogens (tertiary/aromatic N) is 1. The standard InChI is InChI=1S/C29H44FN3O2/c1-18-11-14-29(30)19(15-18)5-7-21-22-8-9-24(28(22,2)13-12-23(21)29)27(34)17-33(31)26-10-6-20(35-4)16-25(26)32-3/h6,10,16,18-19,21-24,32H,5,7-9,11-15,17,31H2,1-4H3/t18-,19+,21-,22?,23?,24+,28-,29+/m0/s1. The Kier molecular flexibility index (Phi) is 6.56. The largest absolute Gasteiger partial charge is 0.497 e. The SMILES string of the molecule is CNc1cc(OC)ccc1N(N)CC(=O)[C@H]1CCC2[C@@H]3CC[C@@H]4C[C@@H](C)CC[C@]4(F)C3CC[C@@]21C. The zero-order valence-corrected chi connectivity index (χ0v) is 22.0. The molecule has 0 radical (unpaired) electrons. The highest BCUT2D eigenvalue weighted by Gasteiger charge is 2.62. The molecule has 5 rings (SSSR count). The first-order valence-corrected chi connectivity index (χ1v) is 13.8. The maximum atomic E-state index is 16.5. The molecule has 0 spiro atoms. The Morgan fingerprint density at radius 2 is 1.97 bits per heavy atom. The van der Waals surface area contributed by atoms with Gasteiger partial charge in [0.1, 0.15) is 11.4 Å². The van der Waals surface area contributed by atoms with Crippen molar-refractivity contribution in [1.29, 1.82) is 0 Å². The maximum Gasteiger partial charge on any atom is 0.157 e. The smallest absolute Gasteiger partial charge is 0.157 e. The molecule has 1 aromatic rings. The fraction of sp³-hybridized carbons (Fsp3) is 0.759. The minimum atomic E-state index is -0.967. The van der Waals surface area contributed by atoms with Gasteiger partial charge in [-0.2, -0.15) is 0 Å². The lowest BCUT2D eigenvalue weighted by atomic mass is 9.48. The van der Waals surface area contributed by atoms with E-state index in [1.165, 1.54) is 0 Å². The average Bonchev–Trinajstić information content (AvgIpc) is 3.21. The number of carbonyl (C=O) groups excluding carboxylic acids is 1. The Morgan fingerprint density at radius 3 is 2.71 bits per heavy atom. The van der Waals surface area contributed by atoms with Gasteiger partial charge in [0.2, 0.25) is 0 Å². The zero-order valence-electron chi connectivity index (χ0n) is 22.0. The van der Waals surface area contributed by atoms with Gasteiger partial charge in [0.05, 0.1) is 25.0 Å². The van der Waals surface area contributed by atoms with Gasteiger partial charge in [-0.05, 0) is 105 Å². The van der Waals surface area contributed by atoms with Crippen LogP contribution in [0.15, 0.2) is 18.2 Å². The number of hydrogen-bond acceptors (Lipinski definition) is 5. The van der Waals surface area contributed by atoms with Gasteiger partial charge in [-0.3, -0.25) is 4.79 Å². The van der Waals surface area contributed by atoms with E-state index in [1.807, 2.05) is 25.2 Å². The van der Waals surface area contributed by atoms with Crippen molar-refractivity contribution in [2.45, 2.75) is 77.3 Å². The van der Waals surface area contributed by atoms with E-state index in [0.29, 0.717) is 17.8 Å². The lowest BCUT2D eigenvalue weighted by Crippen LogP contribution is -2.57. The lowest BCUT2D eigenvalue weighted by Gasteiger charge is -2.58. The number of ether oxygens (including phenoxy) is 1. The lowest BCUT2D eigenvalue weighted by molar-refractivity contribution is -0.145. The highest BCUT2D eigenvalue weighted by atomic mass is 19.1. The summed E-state index contributed by atoms with van der Waals surface area (Å²) in [6.45, 7) is 4.81. The first kappa shape index (κ1) is 24.9. The first-order chi connectivity index (χ1) is 16.7. The third-order valence-electron chi connectivity index (χ3n) is 10.8. The van der Waals surface area contributed by atoms with E-state index >= 15 is 4.39 Å². The van der Waals surface area contributed by atoms with E-state index in [-0.39, 0.29) is 35.5 Å². The first-order valence-electron chi connectivity index (χ1n) is 13.8. The number of nitrogens with two attached hydrogens (primary N) is 1. The van der Waals surface area contributed by atoms with E-state index < -0.39 is 5.67 Å². The summed E-state index contributed by atoms with van der Waals surface area (Å²) < 4.78 is 21.9. The van der Waals surface area contributed by atoms with Crippen molar-refractivity contribution in [1.82, 2.24) is 0 Å². The molecule has 5 nitrogen and oxygen atoms in total. The van der Waals surface area contributed by atoms with Crippen LogP contribution in [0.5, 0.6) is 5.75 Å². The van der Waals surface area contributed by atoms with E-state index in [2.05, 4.69) is 19.2 Å². The van der Waals surface area contributed by atoms with Crippen molar-refractivity contribution in [3.8, 4) is 5.75 Å². The second-order valence-corrected chi connectivity index (χ2v) is 12.4. The number of carbonyl (C=O) groups is 1. The Balaban J connectivity index is 1.30.